The number of hydrogen-bond acceptors (Lipinski definition) is 2. The highest BCUT2D eigenvalue weighted by molar-refractivity contribution is 6.13. The van der Waals surface area contributed by atoms with E-state index in [0.717, 1.165) is 33.2 Å². The van der Waals surface area contributed by atoms with Crippen LogP contribution in [0.3, 0.4) is 0 Å². The molecule has 1 aliphatic rings. The average Bonchev–Trinajstić information content (AvgIpc) is 3.55. The van der Waals surface area contributed by atoms with Crippen molar-refractivity contribution in [3.8, 4) is 28.3 Å². The molecule has 2 heterocycles. The van der Waals surface area contributed by atoms with Crippen molar-refractivity contribution in [3.63, 3.8) is 0 Å². The van der Waals surface area contributed by atoms with Gasteiger partial charge in [0.2, 0.25) is 5.95 Å². The van der Waals surface area contributed by atoms with Crippen LogP contribution in [0, 0.1) is 0 Å². The van der Waals surface area contributed by atoms with Gasteiger partial charge in [0.05, 0.1) is 22.2 Å². The van der Waals surface area contributed by atoms with E-state index in [-0.39, 0.29) is 5.41 Å². The molecule has 3 nitrogen and oxygen atoms in total. The summed E-state index contributed by atoms with van der Waals surface area (Å²) in [5, 5.41) is 8.46. The van der Waals surface area contributed by atoms with Gasteiger partial charge in [0.1, 0.15) is 0 Å². The van der Waals surface area contributed by atoms with Crippen LogP contribution in [0.15, 0.2) is 140 Å². The summed E-state index contributed by atoms with van der Waals surface area (Å²) in [6.45, 7) is 4.72. The van der Waals surface area contributed by atoms with Crippen LogP contribution in [-0.4, -0.2) is 14.5 Å². The number of rotatable bonds is 2. The fourth-order valence-corrected chi connectivity index (χ4v) is 8.09. The van der Waals surface area contributed by atoms with Crippen LogP contribution in [0.25, 0.3) is 82.6 Å². The van der Waals surface area contributed by atoms with Gasteiger partial charge in [-0.15, -0.1) is 0 Å². The predicted octanol–water partition coefficient (Wildman–Crippen LogP) is 11.0. The number of aromatic nitrogens is 3. The molecular weight excluding hydrogens is 558 g/mol. The summed E-state index contributed by atoms with van der Waals surface area (Å²) in [6.07, 6.45) is 0. The van der Waals surface area contributed by atoms with Crippen LogP contribution in [0.2, 0.25) is 0 Å². The second-order valence-electron chi connectivity index (χ2n) is 13.0. The number of para-hydroxylation sites is 2. The highest BCUT2D eigenvalue weighted by Gasteiger charge is 2.39. The van der Waals surface area contributed by atoms with Crippen molar-refractivity contribution >= 4 is 54.3 Å². The molecule has 216 valence electrons. The minimum absolute atomic E-state index is 0.205. The molecule has 0 aliphatic heterocycles. The maximum atomic E-state index is 5.51. The Bertz CT molecular complexity index is 2730. The maximum absolute atomic E-state index is 5.51. The lowest BCUT2D eigenvalue weighted by atomic mass is 9.79. The van der Waals surface area contributed by atoms with E-state index in [0.29, 0.717) is 5.95 Å². The molecule has 0 fully saturated rings. The summed E-state index contributed by atoms with van der Waals surface area (Å²) in [6, 6.07) is 50.3. The second-order valence-corrected chi connectivity index (χ2v) is 13.0. The van der Waals surface area contributed by atoms with Crippen molar-refractivity contribution < 1.29 is 0 Å². The van der Waals surface area contributed by atoms with Crippen molar-refractivity contribution in [2.24, 2.45) is 0 Å². The van der Waals surface area contributed by atoms with Crippen LogP contribution in [-0.2, 0) is 5.41 Å². The topological polar surface area (TPSA) is 30.7 Å². The third kappa shape index (κ3) is 3.37. The van der Waals surface area contributed by atoms with Crippen LogP contribution in [0.1, 0.15) is 25.0 Å². The Kier molecular flexibility index (Phi) is 5.06. The molecule has 0 saturated heterocycles. The molecule has 9 aromatic rings. The zero-order valence-electron chi connectivity index (χ0n) is 25.6. The maximum Gasteiger partial charge on any atom is 0.235 e. The van der Waals surface area contributed by atoms with Crippen molar-refractivity contribution in [1.29, 1.82) is 0 Å². The third-order valence-electron chi connectivity index (χ3n) is 10.1. The van der Waals surface area contributed by atoms with Gasteiger partial charge in [-0.1, -0.05) is 129 Å². The fourth-order valence-electron chi connectivity index (χ4n) is 8.09. The highest BCUT2D eigenvalue weighted by atomic mass is 15.2. The van der Waals surface area contributed by atoms with E-state index in [4.69, 9.17) is 9.97 Å². The van der Waals surface area contributed by atoms with Crippen LogP contribution < -0.4 is 0 Å². The molecule has 0 amide bonds. The SMILES string of the molecule is CC1(C)c2ccc3ccccc3c2-c2cccc(-c3nc(-n4c5ccccc5c5cc6ccccc6cc54)nc4ccccc34)c21. The minimum Gasteiger partial charge on any atom is -0.278 e. The Morgan fingerprint density at radius 1 is 0.500 bits per heavy atom. The normalized spacial score (nSPS) is 13.6. The lowest BCUT2D eigenvalue weighted by Gasteiger charge is -2.25. The molecular formula is C43H29N3. The largest absolute Gasteiger partial charge is 0.278 e. The van der Waals surface area contributed by atoms with Gasteiger partial charge in [-0.05, 0) is 68.1 Å². The summed E-state index contributed by atoms with van der Waals surface area (Å²) in [5.74, 6) is 0.687. The molecule has 1 aliphatic carbocycles. The molecule has 0 N–H and O–H groups in total. The zero-order valence-corrected chi connectivity index (χ0v) is 25.6. The molecule has 0 atom stereocenters. The van der Waals surface area contributed by atoms with Crippen molar-refractivity contribution in [2.75, 3.05) is 0 Å². The molecule has 0 unspecified atom stereocenters. The Balaban J connectivity index is 1.30. The summed E-state index contributed by atoms with van der Waals surface area (Å²) in [5.41, 5.74) is 10.4. The Labute approximate surface area is 266 Å². The first kappa shape index (κ1) is 25.5. The van der Waals surface area contributed by atoms with Gasteiger partial charge in [-0.3, -0.25) is 4.57 Å². The first-order valence-corrected chi connectivity index (χ1v) is 15.9. The van der Waals surface area contributed by atoms with Gasteiger partial charge < -0.3 is 0 Å². The highest BCUT2D eigenvalue weighted by Crippen LogP contribution is 2.54. The van der Waals surface area contributed by atoms with Crippen LogP contribution >= 0.6 is 0 Å². The second kappa shape index (κ2) is 9.12. The van der Waals surface area contributed by atoms with E-state index in [2.05, 4.69) is 158 Å². The molecule has 10 rings (SSSR count). The smallest absolute Gasteiger partial charge is 0.235 e. The van der Waals surface area contributed by atoms with Gasteiger partial charge in [-0.2, -0.15) is 0 Å². The monoisotopic (exact) mass is 587 g/mol. The van der Waals surface area contributed by atoms with E-state index in [1.165, 1.54) is 54.6 Å². The van der Waals surface area contributed by atoms with Crippen LogP contribution in [0.5, 0.6) is 0 Å². The zero-order chi connectivity index (χ0) is 30.6. The Hall–Kier alpha value is -5.80. The number of fused-ring (bicyclic) bond motifs is 10. The van der Waals surface area contributed by atoms with E-state index in [1.54, 1.807) is 0 Å². The van der Waals surface area contributed by atoms with Crippen LogP contribution in [0.4, 0.5) is 0 Å². The molecule has 0 radical (unpaired) electrons. The van der Waals surface area contributed by atoms with Crippen molar-refractivity contribution in [1.82, 2.24) is 14.5 Å². The molecule has 3 heteroatoms. The molecule has 2 aromatic heterocycles. The van der Waals surface area contributed by atoms with Gasteiger partial charge in [0.15, 0.2) is 0 Å². The van der Waals surface area contributed by atoms with Gasteiger partial charge >= 0.3 is 0 Å². The molecule has 0 spiro atoms. The predicted molar refractivity (Wildman–Crippen MR) is 192 cm³/mol. The standard InChI is InChI=1S/C43H29N3/c1-43(2)35-23-22-26-12-5-6-15-29(26)39(35)32-18-11-19-33(40(32)43)41-31-17-7-9-20-36(31)44-42(45-41)46-37-21-10-8-16-30(37)34-24-27-13-3-4-14-28(27)25-38(34)46/h3-25H,1-2H3. The Morgan fingerprint density at radius 2 is 1.17 bits per heavy atom. The Morgan fingerprint density at radius 3 is 2.02 bits per heavy atom. The number of hydrogen-bond donors (Lipinski definition) is 0. The quantitative estimate of drug-likeness (QED) is 0.201. The average molecular weight is 588 g/mol. The van der Waals surface area contributed by atoms with Crippen molar-refractivity contribution in [3.05, 3.63) is 151 Å². The van der Waals surface area contributed by atoms with Gasteiger partial charge in [-0.25, -0.2) is 9.97 Å². The lowest BCUT2D eigenvalue weighted by molar-refractivity contribution is 0.662. The summed E-state index contributed by atoms with van der Waals surface area (Å²) in [4.78, 5) is 10.8. The lowest BCUT2D eigenvalue weighted by Crippen LogP contribution is -2.16. The van der Waals surface area contributed by atoms with E-state index < -0.39 is 0 Å². The van der Waals surface area contributed by atoms with Crippen molar-refractivity contribution in [2.45, 2.75) is 19.3 Å². The molecule has 7 aromatic carbocycles. The van der Waals surface area contributed by atoms with E-state index in [9.17, 15) is 0 Å². The van der Waals surface area contributed by atoms with Gasteiger partial charge in [0.25, 0.3) is 0 Å². The van der Waals surface area contributed by atoms with E-state index >= 15 is 0 Å². The van der Waals surface area contributed by atoms with Gasteiger partial charge in [0, 0.05) is 27.1 Å². The molecule has 0 bridgehead atoms. The molecule has 0 saturated carbocycles. The van der Waals surface area contributed by atoms with E-state index in [1.807, 2.05) is 0 Å². The number of benzene rings is 7. The minimum atomic E-state index is -0.205. The first-order chi connectivity index (χ1) is 22.6. The third-order valence-corrected chi connectivity index (χ3v) is 10.1. The molecule has 46 heavy (non-hydrogen) atoms. The summed E-state index contributed by atoms with van der Waals surface area (Å²) >= 11 is 0. The summed E-state index contributed by atoms with van der Waals surface area (Å²) in [7, 11) is 0. The fraction of sp³-hybridized carbons (Fsp3) is 0.0698. The first-order valence-electron chi connectivity index (χ1n) is 15.9. The summed E-state index contributed by atoms with van der Waals surface area (Å²) < 4.78 is 2.25. The number of nitrogens with zero attached hydrogens (tertiary/aromatic N) is 3.